The molecule has 2 aromatic heterocycles. The molecule has 6 heteroatoms. The van der Waals surface area contributed by atoms with Crippen LogP contribution in [-0.4, -0.2) is 43.8 Å². The summed E-state index contributed by atoms with van der Waals surface area (Å²) in [6, 6.07) is 13.2. The van der Waals surface area contributed by atoms with Crippen molar-refractivity contribution in [2.24, 2.45) is 7.05 Å². The molecule has 1 aromatic carbocycles. The van der Waals surface area contributed by atoms with Crippen LogP contribution in [0.5, 0.6) is 0 Å². The molecule has 0 bridgehead atoms. The molecule has 0 amide bonds. The Balaban J connectivity index is 1.42. The Kier molecular flexibility index (Phi) is 5.62. The van der Waals surface area contributed by atoms with Gasteiger partial charge in [0.1, 0.15) is 5.82 Å². The number of piperidine rings is 1. The molecular weight excluding hydrogens is 360 g/mol. The van der Waals surface area contributed by atoms with Crippen LogP contribution in [0.4, 0.5) is 5.82 Å². The monoisotopic (exact) mass is 390 g/mol. The maximum absolute atomic E-state index is 4.83. The zero-order valence-corrected chi connectivity index (χ0v) is 17.8. The molecule has 0 saturated carbocycles. The smallest absolute Gasteiger partial charge is 0.165 e. The lowest BCUT2D eigenvalue weighted by molar-refractivity contribution is 0.211. The molecule has 6 nitrogen and oxygen atoms in total. The second-order valence-electron chi connectivity index (χ2n) is 8.07. The number of aryl methyl sites for hydroxylation is 3. The molecule has 152 valence electrons. The fourth-order valence-electron chi connectivity index (χ4n) is 4.14. The predicted molar refractivity (Wildman–Crippen MR) is 117 cm³/mol. The van der Waals surface area contributed by atoms with Gasteiger partial charge in [0.2, 0.25) is 0 Å². The third kappa shape index (κ3) is 4.48. The number of rotatable bonds is 5. The van der Waals surface area contributed by atoms with E-state index in [-0.39, 0.29) is 0 Å². The molecule has 1 aliphatic heterocycles. The van der Waals surface area contributed by atoms with E-state index in [2.05, 4.69) is 57.6 Å². The van der Waals surface area contributed by atoms with Crippen LogP contribution >= 0.6 is 0 Å². The van der Waals surface area contributed by atoms with Gasteiger partial charge < -0.3 is 5.32 Å². The number of benzene rings is 1. The minimum Gasteiger partial charge on any atom is -0.367 e. The molecule has 0 aliphatic carbocycles. The van der Waals surface area contributed by atoms with Crippen molar-refractivity contribution in [3.8, 4) is 11.4 Å². The quantitative estimate of drug-likeness (QED) is 0.716. The van der Waals surface area contributed by atoms with Gasteiger partial charge in [-0.25, -0.2) is 9.97 Å². The van der Waals surface area contributed by atoms with E-state index in [0.29, 0.717) is 6.04 Å². The molecule has 0 atom stereocenters. The highest BCUT2D eigenvalue weighted by Crippen LogP contribution is 2.25. The highest BCUT2D eigenvalue weighted by atomic mass is 15.3. The molecule has 3 aromatic rings. The first-order valence-corrected chi connectivity index (χ1v) is 10.4. The van der Waals surface area contributed by atoms with E-state index in [1.807, 2.05) is 31.6 Å². The van der Waals surface area contributed by atoms with Crippen LogP contribution in [0.25, 0.3) is 11.4 Å². The summed E-state index contributed by atoms with van der Waals surface area (Å²) in [7, 11) is 1.96. The molecule has 1 N–H and O–H groups in total. The predicted octanol–water partition coefficient (Wildman–Crippen LogP) is 3.88. The van der Waals surface area contributed by atoms with E-state index in [0.717, 1.165) is 66.8 Å². The Labute approximate surface area is 173 Å². The fourth-order valence-corrected chi connectivity index (χ4v) is 4.14. The number of anilines is 1. The highest BCUT2D eigenvalue weighted by Gasteiger charge is 2.21. The minimum atomic E-state index is 0.445. The molecule has 29 heavy (non-hydrogen) atoms. The number of likely N-dealkylation sites (tertiary alicyclic amines) is 1. The van der Waals surface area contributed by atoms with E-state index < -0.39 is 0 Å². The van der Waals surface area contributed by atoms with Crippen molar-refractivity contribution in [2.45, 2.75) is 46.2 Å². The van der Waals surface area contributed by atoms with Gasteiger partial charge in [0, 0.05) is 50.2 Å². The Hall–Kier alpha value is -2.73. The number of hydrogen-bond acceptors (Lipinski definition) is 5. The first kappa shape index (κ1) is 19.6. The molecule has 1 saturated heterocycles. The van der Waals surface area contributed by atoms with Crippen molar-refractivity contribution in [3.63, 3.8) is 0 Å². The van der Waals surface area contributed by atoms with Crippen molar-refractivity contribution in [3.05, 3.63) is 59.0 Å². The van der Waals surface area contributed by atoms with E-state index in [9.17, 15) is 0 Å². The Morgan fingerprint density at radius 2 is 1.76 bits per heavy atom. The van der Waals surface area contributed by atoms with Gasteiger partial charge >= 0.3 is 0 Å². The standard InChI is InChI=1S/C23H30N6/c1-16-14-21(26-23(24-16)22-17(2)27-28(4)18(22)3)25-20-10-12-29(13-11-20)15-19-8-6-5-7-9-19/h5-9,14,20H,10-13,15H2,1-4H3,(H,24,25,26). The van der Waals surface area contributed by atoms with Crippen LogP contribution in [0.15, 0.2) is 36.4 Å². The summed E-state index contributed by atoms with van der Waals surface area (Å²) in [6.07, 6.45) is 2.24. The van der Waals surface area contributed by atoms with Crippen LogP contribution < -0.4 is 5.32 Å². The third-order valence-corrected chi connectivity index (χ3v) is 5.78. The van der Waals surface area contributed by atoms with Gasteiger partial charge in [-0.15, -0.1) is 0 Å². The van der Waals surface area contributed by atoms with Crippen molar-refractivity contribution in [1.29, 1.82) is 0 Å². The first-order valence-electron chi connectivity index (χ1n) is 10.4. The van der Waals surface area contributed by atoms with Gasteiger partial charge in [0.15, 0.2) is 5.82 Å². The molecule has 1 aliphatic rings. The van der Waals surface area contributed by atoms with Crippen molar-refractivity contribution < 1.29 is 0 Å². The second kappa shape index (κ2) is 8.33. The van der Waals surface area contributed by atoms with E-state index in [1.165, 1.54) is 5.56 Å². The number of nitrogens with zero attached hydrogens (tertiary/aromatic N) is 5. The number of nitrogens with one attached hydrogen (secondary N) is 1. The Bertz CT molecular complexity index is 971. The Morgan fingerprint density at radius 3 is 2.41 bits per heavy atom. The van der Waals surface area contributed by atoms with Crippen LogP contribution in [0.1, 0.15) is 35.5 Å². The molecule has 0 unspecified atom stereocenters. The summed E-state index contributed by atoms with van der Waals surface area (Å²) in [5.41, 5.74) is 5.46. The zero-order chi connectivity index (χ0) is 20.4. The van der Waals surface area contributed by atoms with Gasteiger partial charge in [0.25, 0.3) is 0 Å². The summed E-state index contributed by atoms with van der Waals surface area (Å²) in [4.78, 5) is 12.0. The summed E-state index contributed by atoms with van der Waals surface area (Å²) in [5.74, 6) is 1.67. The fraction of sp³-hybridized carbons (Fsp3) is 0.435. The van der Waals surface area contributed by atoms with Crippen molar-refractivity contribution >= 4 is 5.82 Å². The maximum Gasteiger partial charge on any atom is 0.165 e. The lowest BCUT2D eigenvalue weighted by atomic mass is 10.0. The van der Waals surface area contributed by atoms with E-state index in [4.69, 9.17) is 4.98 Å². The maximum atomic E-state index is 4.83. The van der Waals surface area contributed by atoms with E-state index >= 15 is 0 Å². The lowest BCUT2D eigenvalue weighted by Gasteiger charge is -2.32. The molecule has 1 fully saturated rings. The van der Waals surface area contributed by atoms with Crippen LogP contribution in [-0.2, 0) is 13.6 Å². The average molecular weight is 391 g/mol. The SMILES string of the molecule is Cc1cc(NC2CCN(Cc3ccccc3)CC2)nc(-c2c(C)nn(C)c2C)n1. The van der Waals surface area contributed by atoms with E-state index in [1.54, 1.807) is 0 Å². The van der Waals surface area contributed by atoms with Crippen molar-refractivity contribution in [1.82, 2.24) is 24.6 Å². The van der Waals surface area contributed by atoms with Gasteiger partial charge in [0.05, 0.1) is 11.3 Å². The minimum absolute atomic E-state index is 0.445. The largest absolute Gasteiger partial charge is 0.367 e. The second-order valence-corrected chi connectivity index (χ2v) is 8.07. The molecule has 4 rings (SSSR count). The van der Waals surface area contributed by atoms with Crippen LogP contribution in [0, 0.1) is 20.8 Å². The molecule has 3 heterocycles. The lowest BCUT2D eigenvalue weighted by Crippen LogP contribution is -2.38. The molecule has 0 spiro atoms. The topological polar surface area (TPSA) is 58.9 Å². The van der Waals surface area contributed by atoms with Gasteiger partial charge in [-0.2, -0.15) is 5.10 Å². The molecular formula is C23H30N6. The normalized spacial score (nSPS) is 15.6. The highest BCUT2D eigenvalue weighted by molar-refractivity contribution is 5.63. The van der Waals surface area contributed by atoms with Crippen LogP contribution in [0.3, 0.4) is 0 Å². The van der Waals surface area contributed by atoms with Gasteiger partial charge in [-0.1, -0.05) is 30.3 Å². The number of hydrogen-bond donors (Lipinski definition) is 1. The van der Waals surface area contributed by atoms with Crippen molar-refractivity contribution in [2.75, 3.05) is 18.4 Å². The summed E-state index contributed by atoms with van der Waals surface area (Å²) in [6.45, 7) is 9.35. The molecule has 0 radical (unpaired) electrons. The average Bonchev–Trinajstić information content (AvgIpc) is 2.95. The first-order chi connectivity index (χ1) is 14.0. The summed E-state index contributed by atoms with van der Waals surface area (Å²) < 4.78 is 1.89. The summed E-state index contributed by atoms with van der Waals surface area (Å²) >= 11 is 0. The van der Waals surface area contributed by atoms with Gasteiger partial charge in [-0.05, 0) is 39.2 Å². The Morgan fingerprint density at radius 1 is 1.03 bits per heavy atom. The zero-order valence-electron chi connectivity index (χ0n) is 17.8. The van der Waals surface area contributed by atoms with Gasteiger partial charge in [-0.3, -0.25) is 9.58 Å². The number of aromatic nitrogens is 4. The summed E-state index contributed by atoms with van der Waals surface area (Å²) in [5, 5.41) is 8.17. The third-order valence-electron chi connectivity index (χ3n) is 5.78. The van der Waals surface area contributed by atoms with Crippen LogP contribution in [0.2, 0.25) is 0 Å².